The fourth-order valence-electron chi connectivity index (χ4n) is 9.21. The molecule has 2 aromatic heterocycles. The molecule has 1 saturated carbocycles. The van der Waals surface area contributed by atoms with E-state index in [4.69, 9.17) is 14.7 Å². The molecule has 1 aliphatic carbocycles. The molecule has 4 aromatic rings. The van der Waals surface area contributed by atoms with E-state index in [9.17, 15) is 18.0 Å². The Morgan fingerprint density at radius 1 is 0.981 bits per heavy atom. The van der Waals surface area contributed by atoms with Gasteiger partial charge in [-0.2, -0.15) is 23.3 Å². The Labute approximate surface area is 301 Å². The number of aromatic nitrogens is 4. The minimum Gasteiger partial charge on any atom is -0.481 e. The first-order chi connectivity index (χ1) is 24.9. The van der Waals surface area contributed by atoms with Crippen molar-refractivity contribution in [2.24, 2.45) is 10.8 Å². The number of hydrogen-bond donors (Lipinski definition) is 1. The van der Waals surface area contributed by atoms with Gasteiger partial charge < -0.3 is 24.3 Å². The highest BCUT2D eigenvalue weighted by atomic mass is 19.4. The lowest BCUT2D eigenvalue weighted by atomic mass is 9.72. The van der Waals surface area contributed by atoms with Crippen LogP contribution in [0.15, 0.2) is 37.1 Å². The van der Waals surface area contributed by atoms with E-state index in [2.05, 4.69) is 44.6 Å². The maximum atomic E-state index is 14.1. The van der Waals surface area contributed by atoms with Crippen LogP contribution in [-0.4, -0.2) is 108 Å². The highest BCUT2D eigenvalue weighted by molar-refractivity contribution is 6.06. The Kier molecular flexibility index (Phi) is 7.77. The summed E-state index contributed by atoms with van der Waals surface area (Å²) in [6.45, 7) is 10.8. The van der Waals surface area contributed by atoms with Crippen LogP contribution in [0.1, 0.15) is 55.6 Å². The van der Waals surface area contributed by atoms with Gasteiger partial charge in [-0.15, -0.1) is 0 Å². The first-order valence-electron chi connectivity index (χ1n) is 18.5. The van der Waals surface area contributed by atoms with Crippen LogP contribution in [0.25, 0.3) is 32.9 Å². The lowest BCUT2D eigenvalue weighted by Crippen LogP contribution is -2.61. The van der Waals surface area contributed by atoms with Gasteiger partial charge in [-0.25, -0.2) is 4.98 Å². The van der Waals surface area contributed by atoms with E-state index in [1.165, 1.54) is 6.08 Å². The summed E-state index contributed by atoms with van der Waals surface area (Å²) in [7, 11) is 2.16. The van der Waals surface area contributed by atoms with Gasteiger partial charge in [-0.1, -0.05) is 12.6 Å². The molecule has 274 valence electrons. The van der Waals surface area contributed by atoms with Crippen molar-refractivity contribution in [3.05, 3.63) is 48.2 Å². The van der Waals surface area contributed by atoms with Crippen molar-refractivity contribution < 1.29 is 22.7 Å². The molecular formula is C39H45F3N8O2. The number of nitrogens with zero attached hydrogens (tertiary/aromatic N) is 7. The van der Waals surface area contributed by atoms with E-state index < -0.39 is 12.8 Å². The molecule has 0 atom stereocenters. The molecule has 0 radical (unpaired) electrons. The molecule has 4 saturated heterocycles. The number of ether oxygens (including phenoxy) is 1. The first kappa shape index (κ1) is 33.4. The van der Waals surface area contributed by atoms with Gasteiger partial charge in [0.05, 0.1) is 11.7 Å². The van der Waals surface area contributed by atoms with E-state index in [0.29, 0.717) is 17.0 Å². The number of alkyl halides is 3. The quantitative estimate of drug-likeness (QED) is 0.219. The van der Waals surface area contributed by atoms with E-state index >= 15 is 0 Å². The average molecular weight is 715 g/mol. The molecule has 52 heavy (non-hydrogen) atoms. The number of carbonyl (C=O) groups is 1. The summed E-state index contributed by atoms with van der Waals surface area (Å²) in [6, 6.07) is 6.08. The summed E-state index contributed by atoms with van der Waals surface area (Å²) in [4.78, 5) is 31.4. The van der Waals surface area contributed by atoms with Crippen molar-refractivity contribution >= 4 is 39.5 Å². The monoisotopic (exact) mass is 714 g/mol. The van der Waals surface area contributed by atoms with Gasteiger partial charge in [0.25, 0.3) is 0 Å². The lowest BCUT2D eigenvalue weighted by Gasteiger charge is -2.54. The number of carbonyl (C=O) groups excluding carboxylic acids is 1. The molecule has 13 heteroatoms. The second kappa shape index (κ2) is 12.1. The van der Waals surface area contributed by atoms with Crippen molar-refractivity contribution in [2.75, 3.05) is 75.8 Å². The number of H-pyrrole nitrogens is 1. The molecule has 9 rings (SSSR count). The molecule has 5 fully saturated rings. The van der Waals surface area contributed by atoms with Gasteiger partial charge in [0.15, 0.2) is 12.4 Å². The number of aryl methyl sites for hydroxylation is 1. The molecule has 1 amide bonds. The number of aromatic amines is 1. The standard InChI is InChI=1S/C39H45F3N8O2/c1-4-30(51)49-19-38(20-49)11-15-48(16-12-38)35-27-17-26(25-6-7-25)32(31-24(2)5-8-29-28(31)18-43-46-29)34(52-23-39(40,41)42)33(27)44-36(45-35)50-21-37(22-50)9-13-47(3)14-10-37/h4-5,8,17-18,25H,1,6-7,9-16,19-23H2,2-3H3,(H,43,46). The Balaban J connectivity index is 1.19. The van der Waals surface area contributed by atoms with Gasteiger partial charge in [0, 0.05) is 66.4 Å². The Bertz CT molecular complexity index is 2060. The maximum absolute atomic E-state index is 14.1. The van der Waals surface area contributed by atoms with Crippen LogP contribution in [0.4, 0.5) is 24.9 Å². The Hall–Kier alpha value is -4.39. The minimum absolute atomic E-state index is 0.0347. The topological polar surface area (TPSA) is 93.7 Å². The van der Waals surface area contributed by atoms with E-state index in [1.54, 1.807) is 6.20 Å². The zero-order valence-electron chi connectivity index (χ0n) is 29.9. The summed E-state index contributed by atoms with van der Waals surface area (Å²) in [6.07, 6.45) is 4.46. The van der Waals surface area contributed by atoms with Crippen LogP contribution in [-0.2, 0) is 4.79 Å². The van der Waals surface area contributed by atoms with Crippen molar-refractivity contribution in [3.8, 4) is 16.9 Å². The summed E-state index contributed by atoms with van der Waals surface area (Å²) in [5.74, 6) is 1.61. The predicted molar refractivity (Wildman–Crippen MR) is 195 cm³/mol. The summed E-state index contributed by atoms with van der Waals surface area (Å²) in [5.41, 5.74) is 4.89. The van der Waals surface area contributed by atoms with Crippen LogP contribution in [0, 0.1) is 17.8 Å². The molecular weight excluding hydrogens is 669 g/mol. The van der Waals surface area contributed by atoms with Crippen molar-refractivity contribution in [2.45, 2.75) is 57.5 Å². The number of halogens is 3. The number of anilines is 2. The van der Waals surface area contributed by atoms with Crippen LogP contribution < -0.4 is 14.5 Å². The maximum Gasteiger partial charge on any atom is 0.422 e. The largest absolute Gasteiger partial charge is 0.481 e. The second-order valence-corrected chi connectivity index (χ2v) is 16.2. The van der Waals surface area contributed by atoms with Crippen molar-refractivity contribution in [1.29, 1.82) is 0 Å². The predicted octanol–water partition coefficient (Wildman–Crippen LogP) is 6.45. The average Bonchev–Trinajstić information content (AvgIpc) is 3.84. The number of hydrogen-bond acceptors (Lipinski definition) is 8. The van der Waals surface area contributed by atoms with Gasteiger partial charge in [-0.05, 0) is 106 Å². The van der Waals surface area contributed by atoms with Crippen LogP contribution in [0.5, 0.6) is 5.75 Å². The minimum atomic E-state index is -4.54. The van der Waals surface area contributed by atoms with E-state index in [-0.39, 0.29) is 28.4 Å². The third-order valence-corrected chi connectivity index (χ3v) is 12.5. The van der Waals surface area contributed by atoms with Crippen LogP contribution in [0.3, 0.4) is 0 Å². The van der Waals surface area contributed by atoms with Crippen LogP contribution in [0.2, 0.25) is 0 Å². The normalized spacial score (nSPS) is 21.5. The van der Waals surface area contributed by atoms with Crippen molar-refractivity contribution in [3.63, 3.8) is 0 Å². The number of likely N-dealkylation sites (tertiary alicyclic amines) is 2. The van der Waals surface area contributed by atoms with Gasteiger partial charge in [0.1, 0.15) is 11.3 Å². The molecule has 1 N–H and O–H groups in total. The van der Waals surface area contributed by atoms with Gasteiger partial charge >= 0.3 is 6.18 Å². The van der Waals surface area contributed by atoms with Gasteiger partial charge in [-0.3, -0.25) is 9.89 Å². The number of piperidine rings is 2. The molecule has 0 bridgehead atoms. The number of fused-ring (bicyclic) bond motifs is 2. The molecule has 2 spiro atoms. The van der Waals surface area contributed by atoms with Crippen LogP contribution >= 0.6 is 0 Å². The number of benzene rings is 2. The molecule has 4 aliphatic heterocycles. The summed E-state index contributed by atoms with van der Waals surface area (Å²) in [5, 5.41) is 8.91. The lowest BCUT2D eigenvalue weighted by molar-refractivity contribution is -0.153. The molecule has 5 aliphatic rings. The third-order valence-electron chi connectivity index (χ3n) is 12.5. The Morgan fingerprint density at radius 3 is 2.35 bits per heavy atom. The second-order valence-electron chi connectivity index (χ2n) is 16.2. The van der Waals surface area contributed by atoms with E-state index in [1.807, 2.05) is 24.0 Å². The summed E-state index contributed by atoms with van der Waals surface area (Å²) < 4.78 is 48.3. The Morgan fingerprint density at radius 2 is 1.67 bits per heavy atom. The molecule has 2 aromatic carbocycles. The van der Waals surface area contributed by atoms with Gasteiger partial charge in [0.2, 0.25) is 11.9 Å². The van der Waals surface area contributed by atoms with E-state index in [0.717, 1.165) is 130 Å². The highest BCUT2D eigenvalue weighted by Crippen LogP contribution is 2.54. The molecule has 0 unspecified atom stereocenters. The smallest absolute Gasteiger partial charge is 0.422 e. The number of nitrogens with one attached hydrogen (secondary N) is 1. The zero-order valence-corrected chi connectivity index (χ0v) is 29.9. The zero-order chi connectivity index (χ0) is 36.0. The molecule has 10 nitrogen and oxygen atoms in total. The number of rotatable bonds is 7. The fourth-order valence-corrected chi connectivity index (χ4v) is 9.21. The molecule has 6 heterocycles. The first-order valence-corrected chi connectivity index (χ1v) is 18.5. The third kappa shape index (κ3) is 5.75. The number of amides is 1. The fraction of sp³-hybridized carbons (Fsp3) is 0.538. The van der Waals surface area contributed by atoms with Crippen molar-refractivity contribution in [1.82, 2.24) is 30.0 Å². The summed E-state index contributed by atoms with van der Waals surface area (Å²) >= 11 is 0. The highest BCUT2D eigenvalue weighted by Gasteiger charge is 2.48. The SMILES string of the molecule is C=CC(=O)N1CC2(CCN(c3nc(N4CC5(CCN(C)CC5)C4)nc4c(OCC(F)(F)F)c(-c5c(C)ccc6[nH]ncc56)c(C5CC5)cc34)CC2)C1.